The minimum absolute atomic E-state index is 0.202. The number of benzene rings is 1. The molecule has 10 heteroatoms. The van der Waals surface area contributed by atoms with E-state index in [0.717, 1.165) is 22.5 Å². The number of nitrogens with one attached hydrogen (secondary N) is 1. The zero-order valence-corrected chi connectivity index (χ0v) is 19.3. The van der Waals surface area contributed by atoms with E-state index in [4.69, 9.17) is 27.8 Å². The van der Waals surface area contributed by atoms with E-state index >= 15 is 0 Å². The van der Waals surface area contributed by atoms with Crippen LogP contribution in [0.1, 0.15) is 30.0 Å². The normalized spacial score (nSPS) is 18.2. The monoisotopic (exact) mass is 469 g/mol. The number of hydrogen-bond acceptors (Lipinski definition) is 8. The van der Waals surface area contributed by atoms with Crippen molar-refractivity contribution in [3.05, 3.63) is 52.8 Å². The molecule has 174 valence electrons. The summed E-state index contributed by atoms with van der Waals surface area (Å²) in [5.74, 6) is 0.947. The van der Waals surface area contributed by atoms with Gasteiger partial charge in [0.25, 0.3) is 0 Å². The lowest BCUT2D eigenvalue weighted by molar-refractivity contribution is -0.128. The lowest BCUT2D eigenvalue weighted by atomic mass is 9.87. The van der Waals surface area contributed by atoms with Crippen LogP contribution in [0.4, 0.5) is 11.6 Å². The zero-order valence-electron chi connectivity index (χ0n) is 18.5. The summed E-state index contributed by atoms with van der Waals surface area (Å²) in [5.41, 5.74) is 14.4. The number of aromatic nitrogens is 2. The fraction of sp³-hybridized carbons (Fsp3) is 0.391. The fourth-order valence-corrected chi connectivity index (χ4v) is 4.28. The quantitative estimate of drug-likeness (QED) is 0.564. The molecule has 1 fully saturated rings. The summed E-state index contributed by atoms with van der Waals surface area (Å²) >= 11 is 6.00. The third-order valence-electron chi connectivity index (χ3n) is 6.11. The van der Waals surface area contributed by atoms with Gasteiger partial charge in [-0.1, -0.05) is 29.8 Å². The van der Waals surface area contributed by atoms with Crippen LogP contribution in [-0.4, -0.2) is 61.0 Å². The van der Waals surface area contributed by atoms with Crippen molar-refractivity contribution in [2.45, 2.75) is 24.4 Å². The van der Waals surface area contributed by atoms with Gasteiger partial charge in [0, 0.05) is 37.0 Å². The molecule has 4 rings (SSSR count). The number of anilines is 2. The summed E-state index contributed by atoms with van der Waals surface area (Å²) in [6.07, 6.45) is 6.18. The Hall–Kier alpha value is -3.01. The topological polar surface area (TPSA) is 132 Å². The first-order valence-corrected chi connectivity index (χ1v) is 11.2. The summed E-state index contributed by atoms with van der Waals surface area (Å²) in [6.45, 7) is 2.07. The van der Waals surface area contributed by atoms with E-state index < -0.39 is 5.54 Å². The number of aliphatic imine (C=N–C) groups is 1. The van der Waals surface area contributed by atoms with Crippen molar-refractivity contribution in [2.75, 3.05) is 44.0 Å². The molecule has 0 unspecified atom stereocenters. The van der Waals surface area contributed by atoms with E-state index in [0.29, 0.717) is 49.9 Å². The molecule has 0 saturated carbocycles. The first-order valence-electron chi connectivity index (χ1n) is 10.8. The van der Waals surface area contributed by atoms with E-state index in [-0.39, 0.29) is 11.9 Å². The zero-order chi connectivity index (χ0) is 23.4. The van der Waals surface area contributed by atoms with E-state index in [1.54, 1.807) is 25.5 Å². The Morgan fingerprint density at radius 1 is 1.27 bits per heavy atom. The smallest absolute Gasteiger partial charge is 0.240 e. The molecule has 0 radical (unpaired) electrons. The molecule has 0 bridgehead atoms. The maximum absolute atomic E-state index is 13.2. The van der Waals surface area contributed by atoms with Gasteiger partial charge in [-0.05, 0) is 30.5 Å². The van der Waals surface area contributed by atoms with Crippen molar-refractivity contribution in [3.8, 4) is 0 Å². The van der Waals surface area contributed by atoms with Crippen molar-refractivity contribution < 1.29 is 9.53 Å². The van der Waals surface area contributed by atoms with Crippen LogP contribution in [0.5, 0.6) is 0 Å². The standard InChI is InChI=1S/C23H28ClN7O2/c1-33-13-18(15-2-4-17(24)5-3-15)30-22(32)23(26)7-10-31(11-8-23)21-19(16-6-9-27-12-16)20(25)28-14-29-21/h2-6,12,14,18H,7-11,13,26H2,1H3,(H,30,32)(H2,25,28,29)/t18-/m0/s1. The molecule has 1 amide bonds. The van der Waals surface area contributed by atoms with Crippen LogP contribution >= 0.6 is 11.6 Å². The highest BCUT2D eigenvalue weighted by molar-refractivity contribution is 6.30. The second kappa shape index (κ2) is 9.86. The molecule has 33 heavy (non-hydrogen) atoms. The predicted octanol–water partition coefficient (Wildman–Crippen LogP) is 1.98. The molecule has 1 atom stereocenters. The number of amides is 1. The van der Waals surface area contributed by atoms with Gasteiger partial charge in [0.2, 0.25) is 5.91 Å². The number of rotatable bonds is 7. The molecule has 5 N–H and O–H groups in total. The summed E-state index contributed by atoms with van der Waals surface area (Å²) in [7, 11) is 1.60. The van der Waals surface area contributed by atoms with Gasteiger partial charge in [-0.15, -0.1) is 0 Å². The third kappa shape index (κ3) is 5.00. The van der Waals surface area contributed by atoms with E-state index in [1.807, 2.05) is 18.2 Å². The van der Waals surface area contributed by atoms with Gasteiger partial charge in [-0.2, -0.15) is 0 Å². The summed E-state index contributed by atoms with van der Waals surface area (Å²) < 4.78 is 5.32. The van der Waals surface area contributed by atoms with Crippen molar-refractivity contribution in [3.63, 3.8) is 0 Å². The number of nitrogens with two attached hydrogens (primary N) is 2. The molecule has 0 spiro atoms. The predicted molar refractivity (Wildman–Crippen MR) is 130 cm³/mol. The number of carbonyl (C=O) groups excluding carboxylic acids is 1. The average Bonchev–Trinajstić information content (AvgIpc) is 3.34. The molecular weight excluding hydrogens is 442 g/mol. The van der Waals surface area contributed by atoms with Gasteiger partial charge in [0.05, 0.1) is 30.3 Å². The van der Waals surface area contributed by atoms with Gasteiger partial charge in [0.15, 0.2) is 0 Å². The number of hydrogen-bond donors (Lipinski definition) is 3. The van der Waals surface area contributed by atoms with Gasteiger partial charge < -0.3 is 26.4 Å². The van der Waals surface area contributed by atoms with Crippen LogP contribution < -0.4 is 21.7 Å². The summed E-state index contributed by atoms with van der Waals surface area (Å²) in [5, 5.41) is 3.69. The Balaban J connectivity index is 1.46. The Bertz CT molecular complexity index is 1060. The number of methoxy groups -OCH3 is 1. The second-order valence-corrected chi connectivity index (χ2v) is 8.72. The number of carbonyl (C=O) groups is 1. The maximum atomic E-state index is 13.2. The van der Waals surface area contributed by atoms with Crippen LogP contribution in [0, 0.1) is 0 Å². The van der Waals surface area contributed by atoms with Crippen molar-refractivity contribution in [1.29, 1.82) is 0 Å². The van der Waals surface area contributed by atoms with Crippen LogP contribution in [0.15, 0.2) is 41.7 Å². The lowest BCUT2D eigenvalue weighted by Crippen LogP contribution is -2.60. The van der Waals surface area contributed by atoms with Gasteiger partial charge in [-0.25, -0.2) is 9.97 Å². The highest BCUT2D eigenvalue weighted by atomic mass is 35.5. The average molecular weight is 470 g/mol. The van der Waals surface area contributed by atoms with Crippen LogP contribution in [-0.2, 0) is 9.53 Å². The number of halogens is 1. The Kier molecular flexibility index (Phi) is 6.92. The number of ether oxygens (including phenoxy) is 1. The fourth-order valence-electron chi connectivity index (χ4n) is 4.16. The van der Waals surface area contributed by atoms with Crippen LogP contribution in [0.3, 0.4) is 0 Å². The Morgan fingerprint density at radius 3 is 2.64 bits per heavy atom. The van der Waals surface area contributed by atoms with Gasteiger partial charge in [-0.3, -0.25) is 9.79 Å². The first-order chi connectivity index (χ1) is 15.9. The molecule has 2 aliphatic heterocycles. The number of nitrogens with zero attached hydrogens (tertiary/aromatic N) is 4. The number of piperidine rings is 1. The molecule has 1 saturated heterocycles. The minimum atomic E-state index is -0.998. The molecule has 3 heterocycles. The van der Waals surface area contributed by atoms with Crippen molar-refractivity contribution in [2.24, 2.45) is 10.7 Å². The SMILES string of the molecule is COC[C@H](NC(=O)C1(N)CCN(c2ncnc(N)c2C2=CCN=C2)CC1)c1ccc(Cl)cc1. The van der Waals surface area contributed by atoms with Crippen LogP contribution in [0.2, 0.25) is 5.02 Å². The Morgan fingerprint density at radius 2 is 2.00 bits per heavy atom. The summed E-state index contributed by atoms with van der Waals surface area (Å²) in [6, 6.07) is 7.01. The minimum Gasteiger partial charge on any atom is -0.383 e. The maximum Gasteiger partial charge on any atom is 0.240 e. The molecular formula is C23H28ClN7O2. The number of allylic oxidation sites excluding steroid dienone is 1. The van der Waals surface area contributed by atoms with E-state index in [1.165, 1.54) is 6.33 Å². The van der Waals surface area contributed by atoms with Crippen molar-refractivity contribution >= 4 is 40.9 Å². The second-order valence-electron chi connectivity index (χ2n) is 8.29. The third-order valence-corrected chi connectivity index (χ3v) is 6.36. The van der Waals surface area contributed by atoms with Gasteiger partial charge in [0.1, 0.15) is 18.0 Å². The Labute approximate surface area is 197 Å². The van der Waals surface area contributed by atoms with E-state index in [2.05, 4.69) is 25.2 Å². The molecule has 2 aromatic rings. The van der Waals surface area contributed by atoms with Gasteiger partial charge >= 0.3 is 0 Å². The molecule has 9 nitrogen and oxygen atoms in total. The van der Waals surface area contributed by atoms with Crippen molar-refractivity contribution in [1.82, 2.24) is 15.3 Å². The summed E-state index contributed by atoms with van der Waals surface area (Å²) in [4.78, 5) is 28.2. The van der Waals surface area contributed by atoms with Crippen LogP contribution in [0.25, 0.3) is 5.57 Å². The molecule has 1 aromatic carbocycles. The molecule has 1 aromatic heterocycles. The highest BCUT2D eigenvalue weighted by Gasteiger charge is 2.39. The first kappa shape index (κ1) is 23.2. The lowest BCUT2D eigenvalue weighted by Gasteiger charge is -2.39. The highest BCUT2D eigenvalue weighted by Crippen LogP contribution is 2.33. The number of nitrogen functional groups attached to an aromatic ring is 1. The molecule has 2 aliphatic rings. The molecule has 0 aliphatic carbocycles. The largest absolute Gasteiger partial charge is 0.383 e. The van der Waals surface area contributed by atoms with E-state index in [9.17, 15) is 4.79 Å².